The summed E-state index contributed by atoms with van der Waals surface area (Å²) in [6.45, 7) is 0.506. The molecule has 1 aromatic carbocycles. The van der Waals surface area contributed by atoms with Crippen molar-refractivity contribution in [2.75, 3.05) is 5.73 Å². The number of nitrogens with zero attached hydrogens (tertiary/aromatic N) is 3. The molecule has 0 radical (unpaired) electrons. The van der Waals surface area contributed by atoms with Crippen LogP contribution in [0, 0.1) is 5.82 Å². The van der Waals surface area contributed by atoms with Crippen LogP contribution >= 0.6 is 0 Å². The fraction of sp³-hybridized carbons (Fsp3) is 0.111. The summed E-state index contributed by atoms with van der Waals surface area (Å²) in [5.74, 6) is 0.106. The molecule has 0 aliphatic heterocycles. The summed E-state index contributed by atoms with van der Waals surface area (Å²) in [5, 5.41) is 3.92. The fourth-order valence-corrected chi connectivity index (χ4v) is 1.16. The molecule has 0 aliphatic carbocycles. The maximum atomic E-state index is 12.6. The first kappa shape index (κ1) is 8.68. The number of nitrogen functional groups attached to an aromatic ring is 1. The van der Waals surface area contributed by atoms with Crippen LogP contribution in [0.4, 0.5) is 10.3 Å². The minimum absolute atomic E-state index is 0.250. The Morgan fingerprint density at radius 2 is 2.00 bits per heavy atom. The standard InChI is InChI=1S/C9H9FN4/c10-8-3-1-7(2-4-8)5-14-9(11)12-6-13-14/h1-4,6H,5H2,(H2,11,12,13). The normalized spacial score (nSPS) is 10.4. The van der Waals surface area contributed by atoms with Crippen LogP contribution in [0.2, 0.25) is 0 Å². The van der Waals surface area contributed by atoms with Crippen molar-refractivity contribution < 1.29 is 4.39 Å². The van der Waals surface area contributed by atoms with Crippen molar-refractivity contribution in [1.29, 1.82) is 0 Å². The van der Waals surface area contributed by atoms with E-state index in [0.717, 1.165) is 5.56 Å². The van der Waals surface area contributed by atoms with Crippen molar-refractivity contribution in [2.45, 2.75) is 6.54 Å². The average molecular weight is 192 g/mol. The molecular formula is C9H9FN4. The Morgan fingerprint density at radius 3 is 2.57 bits per heavy atom. The molecule has 0 amide bonds. The fourth-order valence-electron chi connectivity index (χ4n) is 1.16. The number of benzene rings is 1. The lowest BCUT2D eigenvalue weighted by Gasteiger charge is -2.02. The van der Waals surface area contributed by atoms with E-state index in [1.807, 2.05) is 0 Å². The third kappa shape index (κ3) is 1.71. The van der Waals surface area contributed by atoms with Gasteiger partial charge >= 0.3 is 0 Å². The second-order valence-corrected chi connectivity index (χ2v) is 2.90. The molecule has 14 heavy (non-hydrogen) atoms. The van der Waals surface area contributed by atoms with Gasteiger partial charge in [-0.15, -0.1) is 0 Å². The molecule has 1 heterocycles. The van der Waals surface area contributed by atoms with Gasteiger partial charge in [0.05, 0.1) is 6.54 Å². The Bertz CT molecular complexity index is 421. The summed E-state index contributed by atoms with van der Waals surface area (Å²) in [6.07, 6.45) is 1.39. The molecule has 2 N–H and O–H groups in total. The maximum absolute atomic E-state index is 12.6. The third-order valence-electron chi connectivity index (χ3n) is 1.89. The molecule has 0 atom stereocenters. The number of hydrogen-bond donors (Lipinski definition) is 1. The Balaban J connectivity index is 2.19. The summed E-state index contributed by atoms with van der Waals surface area (Å²) >= 11 is 0. The van der Waals surface area contributed by atoms with Gasteiger partial charge in [0, 0.05) is 0 Å². The number of nitrogens with two attached hydrogens (primary N) is 1. The van der Waals surface area contributed by atoms with Gasteiger partial charge in [-0.2, -0.15) is 5.10 Å². The number of aromatic nitrogens is 3. The summed E-state index contributed by atoms with van der Waals surface area (Å²) in [7, 11) is 0. The van der Waals surface area contributed by atoms with Crippen LogP contribution in [0.5, 0.6) is 0 Å². The van der Waals surface area contributed by atoms with E-state index < -0.39 is 0 Å². The first-order chi connectivity index (χ1) is 6.75. The summed E-state index contributed by atoms with van der Waals surface area (Å²) in [4.78, 5) is 3.79. The highest BCUT2D eigenvalue weighted by atomic mass is 19.1. The van der Waals surface area contributed by atoms with Crippen molar-refractivity contribution >= 4 is 5.95 Å². The molecule has 0 fully saturated rings. The maximum Gasteiger partial charge on any atom is 0.218 e. The highest BCUT2D eigenvalue weighted by molar-refractivity contribution is 5.20. The molecule has 0 aliphatic rings. The second-order valence-electron chi connectivity index (χ2n) is 2.90. The number of halogens is 1. The van der Waals surface area contributed by atoms with Crippen molar-refractivity contribution in [2.24, 2.45) is 0 Å². The smallest absolute Gasteiger partial charge is 0.218 e. The van der Waals surface area contributed by atoms with Crippen LogP contribution < -0.4 is 5.73 Å². The molecule has 1 aromatic heterocycles. The van der Waals surface area contributed by atoms with Crippen LogP contribution in [0.25, 0.3) is 0 Å². The van der Waals surface area contributed by atoms with E-state index >= 15 is 0 Å². The van der Waals surface area contributed by atoms with E-state index in [2.05, 4.69) is 10.1 Å². The summed E-state index contributed by atoms with van der Waals surface area (Å²) in [5.41, 5.74) is 6.47. The Labute approximate surface area is 80.2 Å². The van der Waals surface area contributed by atoms with Crippen LogP contribution in [0.1, 0.15) is 5.56 Å². The van der Waals surface area contributed by atoms with Gasteiger partial charge in [0.15, 0.2) is 0 Å². The van der Waals surface area contributed by atoms with Crippen LogP contribution in [0.3, 0.4) is 0 Å². The number of anilines is 1. The van der Waals surface area contributed by atoms with Gasteiger partial charge in [0.2, 0.25) is 5.95 Å². The van der Waals surface area contributed by atoms with E-state index in [-0.39, 0.29) is 5.82 Å². The van der Waals surface area contributed by atoms with Gasteiger partial charge in [-0.25, -0.2) is 14.1 Å². The minimum atomic E-state index is -0.250. The lowest BCUT2D eigenvalue weighted by molar-refractivity contribution is 0.625. The predicted octanol–water partition coefficient (Wildman–Crippen LogP) is 1.05. The minimum Gasteiger partial charge on any atom is -0.368 e. The van der Waals surface area contributed by atoms with E-state index in [1.165, 1.54) is 18.5 Å². The quantitative estimate of drug-likeness (QED) is 0.773. The Hall–Kier alpha value is -1.91. The molecule has 0 bridgehead atoms. The van der Waals surface area contributed by atoms with E-state index in [1.54, 1.807) is 16.8 Å². The van der Waals surface area contributed by atoms with Gasteiger partial charge in [-0.1, -0.05) is 12.1 Å². The van der Waals surface area contributed by atoms with E-state index in [0.29, 0.717) is 12.5 Å². The molecule has 0 unspecified atom stereocenters. The zero-order valence-corrected chi connectivity index (χ0v) is 7.39. The van der Waals surface area contributed by atoms with Crippen molar-refractivity contribution in [1.82, 2.24) is 14.8 Å². The van der Waals surface area contributed by atoms with Crippen LogP contribution in [-0.4, -0.2) is 14.8 Å². The zero-order chi connectivity index (χ0) is 9.97. The SMILES string of the molecule is Nc1ncnn1Cc1ccc(F)cc1. The number of hydrogen-bond acceptors (Lipinski definition) is 3. The van der Waals surface area contributed by atoms with Gasteiger partial charge < -0.3 is 5.73 Å². The van der Waals surface area contributed by atoms with Gasteiger partial charge in [-0.05, 0) is 17.7 Å². The van der Waals surface area contributed by atoms with Gasteiger partial charge in [0.1, 0.15) is 12.1 Å². The average Bonchev–Trinajstić information content (AvgIpc) is 2.56. The van der Waals surface area contributed by atoms with E-state index in [9.17, 15) is 4.39 Å². The van der Waals surface area contributed by atoms with Gasteiger partial charge in [0.25, 0.3) is 0 Å². The van der Waals surface area contributed by atoms with Crippen LogP contribution in [0.15, 0.2) is 30.6 Å². The van der Waals surface area contributed by atoms with Crippen molar-refractivity contribution in [3.05, 3.63) is 42.0 Å². The lowest BCUT2D eigenvalue weighted by Crippen LogP contribution is -2.06. The van der Waals surface area contributed by atoms with Crippen molar-refractivity contribution in [3.63, 3.8) is 0 Å². The first-order valence-corrected chi connectivity index (χ1v) is 4.13. The van der Waals surface area contributed by atoms with Gasteiger partial charge in [-0.3, -0.25) is 0 Å². The zero-order valence-electron chi connectivity index (χ0n) is 7.39. The monoisotopic (exact) mass is 192 g/mol. The molecule has 2 rings (SSSR count). The molecule has 0 saturated heterocycles. The molecule has 72 valence electrons. The topological polar surface area (TPSA) is 56.7 Å². The molecule has 5 heteroatoms. The Morgan fingerprint density at radius 1 is 1.29 bits per heavy atom. The predicted molar refractivity (Wildman–Crippen MR) is 49.9 cm³/mol. The molecule has 2 aromatic rings. The van der Waals surface area contributed by atoms with Crippen molar-refractivity contribution in [3.8, 4) is 0 Å². The van der Waals surface area contributed by atoms with Crippen LogP contribution in [-0.2, 0) is 6.54 Å². The highest BCUT2D eigenvalue weighted by Crippen LogP contribution is 2.06. The molecule has 0 spiro atoms. The summed E-state index contributed by atoms with van der Waals surface area (Å²) < 4.78 is 14.1. The largest absolute Gasteiger partial charge is 0.368 e. The number of rotatable bonds is 2. The Kier molecular flexibility index (Phi) is 2.14. The molecule has 4 nitrogen and oxygen atoms in total. The van der Waals surface area contributed by atoms with E-state index in [4.69, 9.17) is 5.73 Å². The molecule has 0 saturated carbocycles. The summed E-state index contributed by atoms with van der Waals surface area (Å²) in [6, 6.07) is 6.19. The second kappa shape index (κ2) is 3.45. The highest BCUT2D eigenvalue weighted by Gasteiger charge is 2.00. The third-order valence-corrected chi connectivity index (χ3v) is 1.89. The first-order valence-electron chi connectivity index (χ1n) is 4.13. The molecular weight excluding hydrogens is 183 g/mol. The lowest BCUT2D eigenvalue weighted by atomic mass is 10.2.